The average molecular weight is 268 g/mol. The van der Waals surface area contributed by atoms with Gasteiger partial charge in [0.15, 0.2) is 6.29 Å². The minimum atomic E-state index is 0. The zero-order valence-corrected chi connectivity index (χ0v) is 12.4. The van der Waals surface area contributed by atoms with Gasteiger partial charge in [-0.05, 0) is 41.4 Å². The van der Waals surface area contributed by atoms with Crippen LogP contribution in [0, 0.1) is 13.8 Å². The molecule has 0 N–H and O–H groups in total. The van der Waals surface area contributed by atoms with Crippen LogP contribution < -0.4 is 34.7 Å². The Bertz CT molecular complexity index is 282. The van der Waals surface area contributed by atoms with Crippen LogP contribution in [0.1, 0.15) is 21.7 Å². The molecule has 0 aliphatic carbocycles. The van der Waals surface area contributed by atoms with Gasteiger partial charge in [-0.3, -0.25) is 4.79 Å². The van der Waals surface area contributed by atoms with Crippen molar-refractivity contribution in [3.05, 3.63) is 27.5 Å². The summed E-state index contributed by atoms with van der Waals surface area (Å²) in [4.78, 5) is 14.4. The molecule has 0 fully saturated rings. The number of hydrogen-bond acceptors (Lipinski definition) is 3. The van der Waals surface area contributed by atoms with Crippen molar-refractivity contribution in [1.29, 1.82) is 0 Å². The summed E-state index contributed by atoms with van der Waals surface area (Å²) in [5, 5.41) is 8.25. The van der Waals surface area contributed by atoms with Gasteiger partial charge in [0.05, 0.1) is 5.69 Å². The van der Waals surface area contributed by atoms with E-state index < -0.39 is 0 Å². The van der Waals surface area contributed by atoms with Crippen molar-refractivity contribution < 1.29 is 39.5 Å². The van der Waals surface area contributed by atoms with Crippen molar-refractivity contribution in [2.45, 2.75) is 13.8 Å². The Hall–Kier alpha value is 0.260. The monoisotopic (exact) mass is 267 g/mol. The number of aromatic nitrogens is 1. The van der Waals surface area contributed by atoms with Crippen LogP contribution in [0.5, 0.6) is 0 Å². The quantitative estimate of drug-likeness (QED) is 0.448. The zero-order chi connectivity index (χ0) is 10.4. The molecule has 0 saturated carbocycles. The van der Waals surface area contributed by atoms with E-state index in [2.05, 4.69) is 20.9 Å². The van der Waals surface area contributed by atoms with Gasteiger partial charge in [0.2, 0.25) is 0 Å². The standard InChI is InChI=1S/C8H8BrNO.CH3O.Na/c1-5-3-7(4-11)10-6(2)8(5)9;1-2;/h3-4H,1-2H3;1H3;/q;-1;+1. The Morgan fingerprint density at radius 1 is 1.43 bits per heavy atom. The van der Waals surface area contributed by atoms with Gasteiger partial charge in [0.25, 0.3) is 0 Å². The van der Waals surface area contributed by atoms with Gasteiger partial charge < -0.3 is 5.11 Å². The summed E-state index contributed by atoms with van der Waals surface area (Å²) in [7, 11) is 0.750. The predicted octanol–water partition coefficient (Wildman–Crippen LogP) is -1.75. The normalized spacial score (nSPS) is 8.07. The Labute approximate surface area is 114 Å². The first-order valence-electron chi connectivity index (χ1n) is 3.65. The van der Waals surface area contributed by atoms with Crippen LogP contribution in [0.3, 0.4) is 0 Å². The number of halogens is 1. The molecule has 3 nitrogen and oxygen atoms in total. The number of nitrogens with zero attached hydrogens (tertiary/aromatic N) is 1. The van der Waals surface area contributed by atoms with Crippen LogP contribution in [0.2, 0.25) is 0 Å². The van der Waals surface area contributed by atoms with Crippen molar-refractivity contribution >= 4 is 22.2 Å². The first kappa shape index (κ1) is 16.7. The summed E-state index contributed by atoms with van der Waals surface area (Å²) in [5.74, 6) is 0. The number of hydrogen-bond donors (Lipinski definition) is 0. The Morgan fingerprint density at radius 3 is 2.29 bits per heavy atom. The summed E-state index contributed by atoms with van der Waals surface area (Å²) in [6.45, 7) is 3.80. The SMILES string of the molecule is C[O-].Cc1cc(C=O)nc(C)c1Br.[Na+]. The molecule has 14 heavy (non-hydrogen) atoms. The van der Waals surface area contributed by atoms with E-state index in [0.717, 1.165) is 29.1 Å². The fourth-order valence-corrected chi connectivity index (χ4v) is 1.11. The molecule has 1 aromatic heterocycles. The van der Waals surface area contributed by atoms with Crippen LogP contribution in [-0.4, -0.2) is 18.4 Å². The van der Waals surface area contributed by atoms with Crippen molar-refractivity contribution in [3.63, 3.8) is 0 Å². The summed E-state index contributed by atoms with van der Waals surface area (Å²) < 4.78 is 0.975. The van der Waals surface area contributed by atoms with Crippen LogP contribution in [0.25, 0.3) is 0 Å². The van der Waals surface area contributed by atoms with E-state index in [9.17, 15) is 4.79 Å². The molecule has 0 aliphatic rings. The fourth-order valence-electron chi connectivity index (χ4n) is 0.906. The van der Waals surface area contributed by atoms with Gasteiger partial charge in [0, 0.05) is 4.47 Å². The fraction of sp³-hybridized carbons (Fsp3) is 0.333. The van der Waals surface area contributed by atoms with Gasteiger partial charge in [-0.15, -0.1) is 0 Å². The van der Waals surface area contributed by atoms with Gasteiger partial charge in [-0.2, -0.15) is 7.11 Å². The number of rotatable bonds is 1. The Morgan fingerprint density at radius 2 is 1.93 bits per heavy atom. The van der Waals surface area contributed by atoms with E-state index in [1.54, 1.807) is 6.07 Å². The topological polar surface area (TPSA) is 53.0 Å². The molecule has 5 heteroatoms. The van der Waals surface area contributed by atoms with Crippen LogP contribution in [-0.2, 0) is 0 Å². The van der Waals surface area contributed by atoms with E-state index in [4.69, 9.17) is 5.11 Å². The van der Waals surface area contributed by atoms with Crippen LogP contribution in [0.15, 0.2) is 10.5 Å². The Kier molecular flexibility index (Phi) is 10.2. The summed E-state index contributed by atoms with van der Waals surface area (Å²) >= 11 is 3.36. The van der Waals surface area contributed by atoms with Crippen molar-refractivity contribution in [3.8, 4) is 0 Å². The van der Waals surface area contributed by atoms with Gasteiger partial charge >= 0.3 is 29.6 Å². The first-order chi connectivity index (χ1) is 6.15. The first-order valence-corrected chi connectivity index (χ1v) is 4.44. The molecule has 1 heterocycles. The molecule has 0 aromatic carbocycles. The molecule has 0 spiro atoms. The van der Waals surface area contributed by atoms with E-state index >= 15 is 0 Å². The maximum atomic E-state index is 10.3. The molecule has 72 valence electrons. The molecular weight excluding hydrogens is 257 g/mol. The minimum Gasteiger partial charge on any atom is -0.857 e. The van der Waals surface area contributed by atoms with E-state index in [1.165, 1.54) is 0 Å². The molecular formula is C9H11BrNNaO2. The molecule has 0 saturated heterocycles. The molecule has 0 atom stereocenters. The van der Waals surface area contributed by atoms with Crippen LogP contribution in [0.4, 0.5) is 0 Å². The van der Waals surface area contributed by atoms with Crippen molar-refractivity contribution in [2.75, 3.05) is 7.11 Å². The van der Waals surface area contributed by atoms with Crippen molar-refractivity contribution in [2.24, 2.45) is 0 Å². The molecule has 0 unspecified atom stereocenters. The van der Waals surface area contributed by atoms with E-state index in [0.29, 0.717) is 5.69 Å². The molecule has 0 bridgehead atoms. The molecule has 1 rings (SSSR count). The summed E-state index contributed by atoms with van der Waals surface area (Å²) in [6.07, 6.45) is 0.756. The molecule has 0 aliphatic heterocycles. The second-order valence-corrected chi connectivity index (χ2v) is 3.17. The average Bonchev–Trinajstić information content (AvgIpc) is 2.16. The van der Waals surface area contributed by atoms with Gasteiger partial charge in [-0.25, -0.2) is 4.98 Å². The summed E-state index contributed by atoms with van der Waals surface area (Å²) in [6, 6.07) is 1.75. The molecule has 0 radical (unpaired) electrons. The summed E-state index contributed by atoms with van der Waals surface area (Å²) in [5.41, 5.74) is 2.38. The third-order valence-electron chi connectivity index (χ3n) is 1.45. The van der Waals surface area contributed by atoms with Crippen LogP contribution >= 0.6 is 15.9 Å². The second-order valence-electron chi connectivity index (χ2n) is 2.38. The minimum absolute atomic E-state index is 0. The third kappa shape index (κ3) is 4.66. The number of aryl methyl sites for hydroxylation is 2. The maximum absolute atomic E-state index is 10.3. The Balaban J connectivity index is 0. The number of aldehydes is 1. The van der Waals surface area contributed by atoms with Gasteiger partial charge in [0.1, 0.15) is 5.69 Å². The van der Waals surface area contributed by atoms with Gasteiger partial charge in [-0.1, -0.05) is 0 Å². The molecule has 0 amide bonds. The maximum Gasteiger partial charge on any atom is 1.00 e. The number of carbonyl (C=O) groups excluding carboxylic acids is 1. The predicted molar refractivity (Wildman–Crippen MR) is 52.7 cm³/mol. The van der Waals surface area contributed by atoms with Crippen molar-refractivity contribution in [1.82, 2.24) is 4.98 Å². The smallest absolute Gasteiger partial charge is 0.857 e. The van der Waals surface area contributed by atoms with E-state index in [-0.39, 0.29) is 29.6 Å². The third-order valence-corrected chi connectivity index (χ3v) is 2.65. The zero-order valence-electron chi connectivity index (χ0n) is 8.80. The number of pyridine rings is 1. The number of carbonyl (C=O) groups is 1. The van der Waals surface area contributed by atoms with E-state index in [1.807, 2.05) is 13.8 Å². The molecule has 1 aromatic rings. The second kappa shape index (κ2) is 8.56. The largest absolute Gasteiger partial charge is 1.00 e.